The van der Waals surface area contributed by atoms with Crippen molar-refractivity contribution < 1.29 is 24.2 Å². The Morgan fingerprint density at radius 2 is 1.51 bits per heavy atom. The molecule has 8 heteroatoms. The number of anilines is 1. The van der Waals surface area contributed by atoms with Gasteiger partial charge in [-0.3, -0.25) is 10.1 Å². The summed E-state index contributed by atoms with van der Waals surface area (Å²) in [6, 6.07) is 30.7. The molecule has 0 radical (unpaired) electrons. The molecule has 1 saturated carbocycles. The average molecular weight is 595 g/mol. The highest BCUT2D eigenvalue weighted by molar-refractivity contribution is 6.31. The SMILES string of the molecule is COC(=O)C1(c2ccc(-c3ccc(-c4c(NC(=O)O[C@H](C)c5ccccc5Cl)c5ccccc5n4CO)cc3)cc2)CC1. The number of methoxy groups -OCH3 is 1. The van der Waals surface area contributed by atoms with E-state index in [2.05, 4.69) is 5.32 Å². The number of nitrogens with one attached hydrogen (secondary N) is 1. The molecule has 1 atom stereocenters. The minimum atomic E-state index is -0.633. The smallest absolute Gasteiger partial charge is 0.412 e. The van der Waals surface area contributed by atoms with E-state index in [1.165, 1.54) is 7.11 Å². The monoisotopic (exact) mass is 594 g/mol. The van der Waals surface area contributed by atoms with Crippen molar-refractivity contribution in [3.05, 3.63) is 113 Å². The largest absolute Gasteiger partial charge is 0.468 e. The summed E-state index contributed by atoms with van der Waals surface area (Å²) in [6.07, 6.45) is 0.396. The van der Waals surface area contributed by atoms with Gasteiger partial charge in [0.1, 0.15) is 12.8 Å². The second-order valence-corrected chi connectivity index (χ2v) is 11.1. The van der Waals surface area contributed by atoms with Crippen LogP contribution in [0, 0.1) is 0 Å². The molecule has 1 aliphatic carbocycles. The molecule has 5 aromatic rings. The lowest BCUT2D eigenvalue weighted by Crippen LogP contribution is -2.21. The van der Waals surface area contributed by atoms with Crippen LogP contribution in [0.1, 0.15) is 37.0 Å². The number of fused-ring (bicyclic) bond motifs is 1. The van der Waals surface area contributed by atoms with Gasteiger partial charge in [-0.2, -0.15) is 0 Å². The van der Waals surface area contributed by atoms with E-state index in [-0.39, 0.29) is 12.7 Å². The summed E-state index contributed by atoms with van der Waals surface area (Å²) in [5.41, 5.74) is 5.94. The molecule has 0 saturated heterocycles. The first-order chi connectivity index (χ1) is 20.9. The number of aliphatic hydroxyl groups excluding tert-OH is 1. The fourth-order valence-corrected chi connectivity index (χ4v) is 6.06. The van der Waals surface area contributed by atoms with Gasteiger partial charge in [0.25, 0.3) is 0 Å². The van der Waals surface area contributed by atoms with E-state index in [4.69, 9.17) is 21.1 Å². The van der Waals surface area contributed by atoms with Crippen LogP contribution in [0.3, 0.4) is 0 Å². The normalized spacial score (nSPS) is 14.2. The van der Waals surface area contributed by atoms with Crippen molar-refractivity contribution >= 4 is 40.3 Å². The Labute approximate surface area is 254 Å². The van der Waals surface area contributed by atoms with Crippen LogP contribution in [0.15, 0.2) is 97.1 Å². The molecule has 0 unspecified atom stereocenters. The lowest BCUT2D eigenvalue weighted by molar-refractivity contribution is -0.143. The zero-order valence-corrected chi connectivity index (χ0v) is 24.6. The van der Waals surface area contributed by atoms with Crippen molar-refractivity contribution in [3.8, 4) is 22.4 Å². The molecule has 6 rings (SSSR count). The van der Waals surface area contributed by atoms with Gasteiger partial charge in [0, 0.05) is 21.5 Å². The third-order valence-corrected chi connectivity index (χ3v) is 8.57. The molecule has 1 aliphatic rings. The number of halogens is 1. The van der Waals surface area contributed by atoms with Gasteiger partial charge in [-0.15, -0.1) is 0 Å². The molecule has 2 N–H and O–H groups in total. The van der Waals surface area contributed by atoms with E-state index in [0.29, 0.717) is 22.0 Å². The third-order valence-electron chi connectivity index (χ3n) is 8.22. The van der Waals surface area contributed by atoms with Gasteiger partial charge in [-0.25, -0.2) is 4.79 Å². The maximum atomic E-state index is 13.2. The highest BCUT2D eigenvalue weighted by Gasteiger charge is 2.52. The molecular formula is C35H31ClN2O5. The van der Waals surface area contributed by atoms with Gasteiger partial charge in [-0.05, 0) is 48.6 Å². The summed E-state index contributed by atoms with van der Waals surface area (Å²) in [4.78, 5) is 25.4. The summed E-state index contributed by atoms with van der Waals surface area (Å²) in [7, 11) is 1.43. The fourth-order valence-electron chi connectivity index (χ4n) is 5.77. The van der Waals surface area contributed by atoms with Crippen molar-refractivity contribution in [2.24, 2.45) is 0 Å². The number of aromatic nitrogens is 1. The van der Waals surface area contributed by atoms with Crippen LogP contribution in [0.25, 0.3) is 33.3 Å². The highest BCUT2D eigenvalue weighted by atomic mass is 35.5. The molecule has 7 nitrogen and oxygen atoms in total. The zero-order chi connectivity index (χ0) is 30.1. The second kappa shape index (κ2) is 11.6. The number of carbonyl (C=O) groups excluding carboxylic acids is 2. The van der Waals surface area contributed by atoms with Gasteiger partial charge in [0.15, 0.2) is 0 Å². The highest BCUT2D eigenvalue weighted by Crippen LogP contribution is 2.49. The van der Waals surface area contributed by atoms with Gasteiger partial charge in [0.2, 0.25) is 0 Å². The molecule has 4 aromatic carbocycles. The Hall–Kier alpha value is -4.59. The molecule has 1 amide bonds. The van der Waals surface area contributed by atoms with E-state index in [9.17, 15) is 14.7 Å². The minimum absolute atomic E-state index is 0.185. The van der Waals surface area contributed by atoms with Gasteiger partial charge >= 0.3 is 12.1 Å². The first-order valence-corrected chi connectivity index (χ1v) is 14.5. The predicted molar refractivity (Wildman–Crippen MR) is 168 cm³/mol. The van der Waals surface area contributed by atoms with Crippen LogP contribution in [0.2, 0.25) is 5.02 Å². The fraction of sp³-hybridized carbons (Fsp3) is 0.200. The number of esters is 1. The van der Waals surface area contributed by atoms with Crippen molar-refractivity contribution in [1.82, 2.24) is 4.57 Å². The minimum Gasteiger partial charge on any atom is -0.468 e. The molecule has 0 bridgehead atoms. The Kier molecular flexibility index (Phi) is 7.69. The number of para-hydroxylation sites is 1. The van der Waals surface area contributed by atoms with Crippen LogP contribution in [0.4, 0.5) is 10.5 Å². The zero-order valence-electron chi connectivity index (χ0n) is 23.8. The summed E-state index contributed by atoms with van der Waals surface area (Å²) in [6.45, 7) is 1.48. The van der Waals surface area contributed by atoms with Crippen molar-refractivity contribution in [2.75, 3.05) is 12.4 Å². The molecule has 1 aromatic heterocycles. The van der Waals surface area contributed by atoms with Crippen molar-refractivity contribution in [3.63, 3.8) is 0 Å². The third kappa shape index (κ3) is 5.26. The van der Waals surface area contributed by atoms with Gasteiger partial charge in [-0.1, -0.05) is 96.5 Å². The molecule has 43 heavy (non-hydrogen) atoms. The summed E-state index contributed by atoms with van der Waals surface area (Å²) >= 11 is 6.31. The second-order valence-electron chi connectivity index (χ2n) is 10.7. The molecule has 218 valence electrons. The van der Waals surface area contributed by atoms with Crippen LogP contribution in [-0.4, -0.2) is 28.8 Å². The van der Waals surface area contributed by atoms with Crippen LogP contribution in [0.5, 0.6) is 0 Å². The maximum absolute atomic E-state index is 13.2. The van der Waals surface area contributed by atoms with E-state index < -0.39 is 17.6 Å². The number of aliphatic hydroxyl groups is 1. The van der Waals surface area contributed by atoms with Crippen LogP contribution >= 0.6 is 11.6 Å². The summed E-state index contributed by atoms with van der Waals surface area (Å²) < 4.78 is 12.5. The number of rotatable bonds is 8. The number of carbonyl (C=O) groups is 2. The van der Waals surface area contributed by atoms with E-state index >= 15 is 0 Å². The summed E-state index contributed by atoms with van der Waals surface area (Å²) in [5.74, 6) is -0.185. The van der Waals surface area contributed by atoms with Crippen LogP contribution in [-0.2, 0) is 26.4 Å². The quantitative estimate of drug-likeness (QED) is 0.177. The number of hydrogen-bond donors (Lipinski definition) is 2. The summed E-state index contributed by atoms with van der Waals surface area (Å²) in [5, 5.41) is 14.6. The number of ether oxygens (including phenoxy) is 2. The standard InChI is InChI=1S/C35H31ClN2O5/c1-22(27-7-3-5-9-29(27)36)43-34(41)37-31-28-8-4-6-10-30(28)38(21-39)32(31)25-13-11-23(12-14-25)24-15-17-26(18-16-24)35(19-20-35)33(40)42-2/h3-18,22,39H,19-21H2,1-2H3,(H,37,41)/t22-/m1/s1. The first kappa shape index (κ1) is 28.5. The lowest BCUT2D eigenvalue weighted by atomic mass is 9.93. The van der Waals surface area contributed by atoms with Crippen LogP contribution < -0.4 is 5.32 Å². The van der Waals surface area contributed by atoms with Gasteiger partial charge < -0.3 is 19.1 Å². The predicted octanol–water partition coefficient (Wildman–Crippen LogP) is 8.09. The molecule has 0 aliphatic heterocycles. The van der Waals surface area contributed by atoms with Crippen molar-refractivity contribution in [1.29, 1.82) is 0 Å². The molecule has 1 heterocycles. The topological polar surface area (TPSA) is 89.8 Å². The Bertz CT molecular complexity index is 1810. The number of amides is 1. The number of nitrogens with zero attached hydrogens (tertiary/aromatic N) is 1. The van der Waals surface area contributed by atoms with Gasteiger partial charge in [0.05, 0.1) is 29.4 Å². The van der Waals surface area contributed by atoms with E-state index in [1.807, 2.05) is 91.0 Å². The lowest BCUT2D eigenvalue weighted by Gasteiger charge is -2.16. The number of benzene rings is 4. The Morgan fingerprint density at radius 3 is 2.14 bits per heavy atom. The van der Waals surface area contributed by atoms with E-state index in [1.54, 1.807) is 17.6 Å². The van der Waals surface area contributed by atoms with E-state index in [0.717, 1.165) is 46.0 Å². The Balaban J connectivity index is 1.30. The van der Waals surface area contributed by atoms with Crippen molar-refractivity contribution in [2.45, 2.75) is 38.0 Å². The molecule has 0 spiro atoms. The Morgan fingerprint density at radius 1 is 0.907 bits per heavy atom. The average Bonchev–Trinajstić information content (AvgIpc) is 3.79. The number of hydrogen-bond acceptors (Lipinski definition) is 5. The first-order valence-electron chi connectivity index (χ1n) is 14.1. The molecular weight excluding hydrogens is 564 g/mol. The maximum Gasteiger partial charge on any atom is 0.412 e. The molecule has 1 fully saturated rings.